The summed E-state index contributed by atoms with van der Waals surface area (Å²) in [5.74, 6) is 0. The van der Waals surface area contributed by atoms with Crippen molar-refractivity contribution in [3.8, 4) is 0 Å². The van der Waals surface area contributed by atoms with Crippen molar-refractivity contribution in [2.45, 2.75) is 13.0 Å². The van der Waals surface area contributed by atoms with E-state index in [1.807, 2.05) is 0 Å². The maximum atomic E-state index is 4.19. The van der Waals surface area contributed by atoms with Gasteiger partial charge in [-0.2, -0.15) is 0 Å². The Morgan fingerprint density at radius 1 is 1.70 bits per heavy atom. The van der Waals surface area contributed by atoms with Gasteiger partial charge in [-0.25, -0.2) is 4.99 Å². The second kappa shape index (κ2) is 2.09. The van der Waals surface area contributed by atoms with Gasteiger partial charge in [0.15, 0.2) is 0 Å². The molecular formula is C7H8N2S. The van der Waals surface area contributed by atoms with Gasteiger partial charge >= 0.3 is 0 Å². The zero-order chi connectivity index (χ0) is 6.97. The number of thiophene rings is 1. The lowest BCUT2D eigenvalue weighted by molar-refractivity contribution is 0.721. The number of nitrogens with zero attached hydrogens (tertiary/aromatic N) is 1. The molecule has 52 valence electrons. The summed E-state index contributed by atoms with van der Waals surface area (Å²) in [6, 6.07) is 2.55. The molecule has 1 aromatic rings. The fourth-order valence-electron chi connectivity index (χ4n) is 1.04. The van der Waals surface area contributed by atoms with E-state index in [2.05, 4.69) is 28.7 Å². The Kier molecular flexibility index (Phi) is 1.24. The molecule has 0 aromatic carbocycles. The van der Waals surface area contributed by atoms with Crippen LogP contribution in [0, 0.1) is 0 Å². The zero-order valence-corrected chi connectivity index (χ0v) is 6.48. The third-order valence-corrected chi connectivity index (χ3v) is 2.48. The molecule has 1 aliphatic heterocycles. The molecule has 1 N–H and O–H groups in total. The zero-order valence-electron chi connectivity index (χ0n) is 5.66. The van der Waals surface area contributed by atoms with Crippen molar-refractivity contribution in [3.63, 3.8) is 0 Å². The topological polar surface area (TPSA) is 24.4 Å². The SMILES string of the molecule is CC1NC=Nc2sccc21. The first kappa shape index (κ1) is 5.92. The third-order valence-electron chi connectivity index (χ3n) is 1.65. The second-order valence-corrected chi connectivity index (χ2v) is 3.22. The van der Waals surface area contributed by atoms with Crippen LogP contribution in [0.2, 0.25) is 0 Å². The normalized spacial score (nSPS) is 21.9. The molecule has 0 saturated carbocycles. The Bertz CT molecular complexity index is 264. The van der Waals surface area contributed by atoms with E-state index in [1.54, 1.807) is 17.7 Å². The van der Waals surface area contributed by atoms with Crippen LogP contribution in [-0.4, -0.2) is 6.34 Å². The van der Waals surface area contributed by atoms with Gasteiger partial charge in [0.25, 0.3) is 0 Å². The summed E-state index contributed by atoms with van der Waals surface area (Å²) in [5.41, 5.74) is 1.31. The van der Waals surface area contributed by atoms with Crippen LogP contribution in [0.1, 0.15) is 18.5 Å². The standard InChI is InChI=1S/C7H8N2S/c1-5-6-2-3-10-7(6)9-4-8-5/h2-5H,1H3,(H,8,9). The summed E-state index contributed by atoms with van der Waals surface area (Å²) >= 11 is 1.69. The predicted molar refractivity (Wildman–Crippen MR) is 44.0 cm³/mol. The van der Waals surface area contributed by atoms with Gasteiger partial charge < -0.3 is 5.32 Å². The van der Waals surface area contributed by atoms with Gasteiger partial charge in [-0.1, -0.05) is 0 Å². The van der Waals surface area contributed by atoms with Crippen LogP contribution in [-0.2, 0) is 0 Å². The van der Waals surface area contributed by atoms with Crippen molar-refractivity contribution < 1.29 is 0 Å². The molecule has 0 bridgehead atoms. The van der Waals surface area contributed by atoms with E-state index >= 15 is 0 Å². The highest BCUT2D eigenvalue weighted by molar-refractivity contribution is 7.14. The maximum Gasteiger partial charge on any atom is 0.122 e. The van der Waals surface area contributed by atoms with Crippen molar-refractivity contribution >= 4 is 22.7 Å². The second-order valence-electron chi connectivity index (χ2n) is 2.33. The number of hydrogen-bond acceptors (Lipinski definition) is 3. The van der Waals surface area contributed by atoms with Crippen molar-refractivity contribution in [1.82, 2.24) is 5.32 Å². The molecule has 0 radical (unpaired) electrons. The van der Waals surface area contributed by atoms with E-state index in [0.717, 1.165) is 5.00 Å². The quantitative estimate of drug-likeness (QED) is 0.604. The molecule has 3 heteroatoms. The number of aliphatic imine (C=N–C) groups is 1. The van der Waals surface area contributed by atoms with E-state index in [9.17, 15) is 0 Å². The Morgan fingerprint density at radius 2 is 2.60 bits per heavy atom. The summed E-state index contributed by atoms with van der Waals surface area (Å²) in [4.78, 5) is 4.19. The molecule has 0 amide bonds. The minimum absolute atomic E-state index is 0.429. The van der Waals surface area contributed by atoms with Gasteiger partial charge in [0.05, 0.1) is 12.4 Å². The number of nitrogens with one attached hydrogen (secondary N) is 1. The van der Waals surface area contributed by atoms with Crippen LogP contribution in [0.4, 0.5) is 5.00 Å². The highest BCUT2D eigenvalue weighted by Crippen LogP contribution is 2.32. The summed E-state index contributed by atoms with van der Waals surface area (Å²) in [6.45, 7) is 2.14. The van der Waals surface area contributed by atoms with Gasteiger partial charge in [-0.15, -0.1) is 11.3 Å². The Labute approximate surface area is 63.6 Å². The van der Waals surface area contributed by atoms with E-state index in [4.69, 9.17) is 0 Å². The molecular weight excluding hydrogens is 144 g/mol. The number of hydrogen-bond donors (Lipinski definition) is 1. The van der Waals surface area contributed by atoms with Crippen LogP contribution < -0.4 is 5.32 Å². The van der Waals surface area contributed by atoms with Gasteiger partial charge in [-0.3, -0.25) is 0 Å². The Hall–Kier alpha value is -0.830. The molecule has 2 rings (SSSR count). The van der Waals surface area contributed by atoms with Crippen molar-refractivity contribution in [2.75, 3.05) is 0 Å². The van der Waals surface area contributed by atoms with Crippen molar-refractivity contribution in [3.05, 3.63) is 17.0 Å². The first-order valence-corrected chi connectivity index (χ1v) is 4.12. The maximum absolute atomic E-state index is 4.19. The molecule has 1 aromatic heterocycles. The van der Waals surface area contributed by atoms with Crippen LogP contribution in [0.5, 0.6) is 0 Å². The lowest BCUT2D eigenvalue weighted by Gasteiger charge is -2.14. The fourth-order valence-corrected chi connectivity index (χ4v) is 1.88. The molecule has 1 aliphatic rings. The summed E-state index contributed by atoms with van der Waals surface area (Å²) < 4.78 is 0. The highest BCUT2D eigenvalue weighted by Gasteiger charge is 2.12. The minimum Gasteiger partial charge on any atom is -0.369 e. The molecule has 1 atom stereocenters. The van der Waals surface area contributed by atoms with E-state index in [1.165, 1.54) is 5.56 Å². The van der Waals surface area contributed by atoms with Gasteiger partial charge in [-0.05, 0) is 18.4 Å². The molecule has 10 heavy (non-hydrogen) atoms. The molecule has 0 aliphatic carbocycles. The molecule has 2 nitrogen and oxygen atoms in total. The van der Waals surface area contributed by atoms with Crippen molar-refractivity contribution in [1.29, 1.82) is 0 Å². The van der Waals surface area contributed by atoms with Crippen LogP contribution in [0.3, 0.4) is 0 Å². The minimum atomic E-state index is 0.429. The first-order chi connectivity index (χ1) is 4.88. The molecule has 0 saturated heterocycles. The molecule has 2 heterocycles. The van der Waals surface area contributed by atoms with Gasteiger partial charge in [0.2, 0.25) is 0 Å². The first-order valence-electron chi connectivity index (χ1n) is 3.24. The fraction of sp³-hybridized carbons (Fsp3) is 0.286. The van der Waals surface area contributed by atoms with Crippen molar-refractivity contribution in [2.24, 2.45) is 4.99 Å². The van der Waals surface area contributed by atoms with Crippen LogP contribution in [0.25, 0.3) is 0 Å². The number of rotatable bonds is 0. The average molecular weight is 152 g/mol. The summed E-state index contributed by atoms with van der Waals surface area (Å²) in [6.07, 6.45) is 1.77. The summed E-state index contributed by atoms with van der Waals surface area (Å²) in [5, 5.41) is 6.36. The highest BCUT2D eigenvalue weighted by atomic mass is 32.1. The van der Waals surface area contributed by atoms with E-state index in [0.29, 0.717) is 6.04 Å². The van der Waals surface area contributed by atoms with Crippen LogP contribution in [0.15, 0.2) is 16.4 Å². The molecule has 0 fully saturated rings. The lowest BCUT2D eigenvalue weighted by Crippen LogP contribution is -2.18. The molecule has 0 spiro atoms. The lowest BCUT2D eigenvalue weighted by atomic mass is 10.1. The van der Waals surface area contributed by atoms with Gasteiger partial charge in [0.1, 0.15) is 5.00 Å². The average Bonchev–Trinajstić information content (AvgIpc) is 2.36. The summed E-state index contributed by atoms with van der Waals surface area (Å²) in [7, 11) is 0. The monoisotopic (exact) mass is 152 g/mol. The van der Waals surface area contributed by atoms with E-state index < -0.39 is 0 Å². The Morgan fingerprint density at radius 3 is 3.40 bits per heavy atom. The number of fused-ring (bicyclic) bond motifs is 1. The van der Waals surface area contributed by atoms with Gasteiger partial charge in [0, 0.05) is 5.56 Å². The smallest absolute Gasteiger partial charge is 0.122 e. The van der Waals surface area contributed by atoms with Crippen LogP contribution >= 0.6 is 11.3 Å². The Balaban J connectivity index is 2.52. The van der Waals surface area contributed by atoms with E-state index in [-0.39, 0.29) is 0 Å². The third kappa shape index (κ3) is 0.743. The molecule has 1 unspecified atom stereocenters. The largest absolute Gasteiger partial charge is 0.369 e. The predicted octanol–water partition coefficient (Wildman–Crippen LogP) is 2.07.